The first kappa shape index (κ1) is 17.6. The third kappa shape index (κ3) is 3.13. The fourth-order valence-electron chi connectivity index (χ4n) is 4.22. The smallest absolute Gasteiger partial charge is 0.270 e. The van der Waals surface area contributed by atoms with Crippen LogP contribution in [0.2, 0.25) is 0 Å². The standard InChI is InChI=1S/C21H22N4O2S/c26-20-11-15-13-28-9-7-18(15)23-25(20)12-16-5-3-8-24(16)21(27)19-10-14-4-1-2-6-17(14)22-19/h1-2,4,6,10-11,16,22H,3,5,7-9,12-13H2. The second-order valence-corrected chi connectivity index (χ2v) is 8.61. The molecule has 0 aliphatic carbocycles. The lowest BCUT2D eigenvalue weighted by molar-refractivity contribution is 0.0715. The molecule has 1 aromatic carbocycles. The molecule has 6 nitrogen and oxygen atoms in total. The Hall–Kier alpha value is -2.54. The van der Waals surface area contributed by atoms with Gasteiger partial charge in [-0.2, -0.15) is 16.9 Å². The molecule has 1 unspecified atom stereocenters. The molecule has 144 valence electrons. The number of aromatic nitrogens is 3. The summed E-state index contributed by atoms with van der Waals surface area (Å²) in [7, 11) is 0. The monoisotopic (exact) mass is 394 g/mol. The molecule has 3 aromatic rings. The van der Waals surface area contributed by atoms with Crippen LogP contribution in [-0.2, 0) is 18.7 Å². The normalized spacial score (nSPS) is 19.1. The van der Waals surface area contributed by atoms with Gasteiger partial charge < -0.3 is 9.88 Å². The van der Waals surface area contributed by atoms with E-state index in [0.29, 0.717) is 12.2 Å². The maximum absolute atomic E-state index is 13.1. The highest BCUT2D eigenvalue weighted by molar-refractivity contribution is 7.98. The highest BCUT2D eigenvalue weighted by atomic mass is 32.2. The number of aromatic amines is 1. The lowest BCUT2D eigenvalue weighted by Crippen LogP contribution is -2.41. The minimum Gasteiger partial charge on any atom is -0.351 e. The van der Waals surface area contributed by atoms with Gasteiger partial charge in [-0.1, -0.05) is 18.2 Å². The largest absolute Gasteiger partial charge is 0.351 e. The quantitative estimate of drug-likeness (QED) is 0.742. The summed E-state index contributed by atoms with van der Waals surface area (Å²) in [6.07, 6.45) is 2.75. The Morgan fingerprint density at radius 2 is 2.18 bits per heavy atom. The van der Waals surface area contributed by atoms with Gasteiger partial charge in [0.05, 0.1) is 18.3 Å². The number of hydrogen-bond donors (Lipinski definition) is 1. The topological polar surface area (TPSA) is 71.0 Å². The van der Waals surface area contributed by atoms with E-state index in [1.165, 1.54) is 0 Å². The van der Waals surface area contributed by atoms with Crippen LogP contribution in [-0.4, -0.2) is 43.9 Å². The number of amides is 1. The van der Waals surface area contributed by atoms with Crippen LogP contribution < -0.4 is 5.56 Å². The number of aryl methyl sites for hydroxylation is 1. The molecule has 1 N–H and O–H groups in total. The minimum atomic E-state index is -0.0637. The molecule has 2 aromatic heterocycles. The van der Waals surface area contributed by atoms with Crippen LogP contribution in [0.1, 0.15) is 34.6 Å². The average molecular weight is 395 g/mol. The van der Waals surface area contributed by atoms with Crippen molar-refractivity contribution in [3.8, 4) is 0 Å². The minimum absolute atomic E-state index is 0.000118. The SMILES string of the molecule is O=C(c1cc2ccccc2[nH]1)N1CCCC1Cn1nc2c(cc1=O)CSCC2. The van der Waals surface area contributed by atoms with Crippen LogP contribution in [0.5, 0.6) is 0 Å². The van der Waals surface area contributed by atoms with Gasteiger partial charge in [0.25, 0.3) is 11.5 Å². The Labute approximate surface area is 166 Å². The Balaban J connectivity index is 1.39. The predicted octanol–water partition coefficient (Wildman–Crippen LogP) is 2.82. The van der Waals surface area contributed by atoms with Crippen molar-refractivity contribution in [3.63, 3.8) is 0 Å². The van der Waals surface area contributed by atoms with Crippen molar-refractivity contribution >= 4 is 28.6 Å². The van der Waals surface area contributed by atoms with E-state index >= 15 is 0 Å². The van der Waals surface area contributed by atoms with Gasteiger partial charge in [-0.3, -0.25) is 9.59 Å². The van der Waals surface area contributed by atoms with Gasteiger partial charge in [-0.25, -0.2) is 4.68 Å². The Morgan fingerprint density at radius 3 is 3.07 bits per heavy atom. The number of hydrogen-bond acceptors (Lipinski definition) is 4. The Kier molecular flexibility index (Phi) is 4.47. The summed E-state index contributed by atoms with van der Waals surface area (Å²) in [6, 6.07) is 11.5. The van der Waals surface area contributed by atoms with Crippen molar-refractivity contribution in [1.29, 1.82) is 0 Å². The highest BCUT2D eigenvalue weighted by Crippen LogP contribution is 2.24. The number of rotatable bonds is 3. The van der Waals surface area contributed by atoms with Gasteiger partial charge in [-0.05, 0) is 36.3 Å². The molecule has 2 aliphatic rings. The van der Waals surface area contributed by atoms with Crippen molar-refractivity contribution < 1.29 is 4.79 Å². The average Bonchev–Trinajstić information content (AvgIpc) is 3.34. The summed E-state index contributed by atoms with van der Waals surface area (Å²) in [5, 5.41) is 5.66. The highest BCUT2D eigenvalue weighted by Gasteiger charge is 2.31. The number of nitrogens with one attached hydrogen (secondary N) is 1. The maximum atomic E-state index is 13.1. The number of benzene rings is 1. The molecule has 5 rings (SSSR count). The Morgan fingerprint density at radius 1 is 1.29 bits per heavy atom. The number of fused-ring (bicyclic) bond motifs is 2. The van der Waals surface area contributed by atoms with Crippen molar-refractivity contribution in [1.82, 2.24) is 19.7 Å². The molecule has 1 atom stereocenters. The first-order valence-corrected chi connectivity index (χ1v) is 10.9. The third-order valence-corrected chi connectivity index (χ3v) is 6.69. The fourth-order valence-corrected chi connectivity index (χ4v) is 5.17. The van der Waals surface area contributed by atoms with Crippen LogP contribution in [0.4, 0.5) is 0 Å². The summed E-state index contributed by atoms with van der Waals surface area (Å²) in [6.45, 7) is 1.18. The lowest BCUT2D eigenvalue weighted by atomic mass is 10.2. The summed E-state index contributed by atoms with van der Waals surface area (Å²) in [5.41, 5.74) is 3.61. The number of nitrogens with zero attached hydrogens (tertiary/aromatic N) is 3. The Bertz CT molecular complexity index is 1070. The third-order valence-electron chi connectivity index (χ3n) is 5.69. The first-order valence-electron chi connectivity index (χ1n) is 9.75. The number of carbonyl (C=O) groups excluding carboxylic acids is 1. The van der Waals surface area contributed by atoms with E-state index < -0.39 is 0 Å². The molecule has 1 fully saturated rings. The van der Waals surface area contributed by atoms with Crippen LogP contribution in [0.3, 0.4) is 0 Å². The van der Waals surface area contributed by atoms with E-state index in [2.05, 4.69) is 10.1 Å². The molecule has 1 amide bonds. The molecule has 28 heavy (non-hydrogen) atoms. The fraction of sp³-hybridized carbons (Fsp3) is 0.381. The van der Waals surface area contributed by atoms with Crippen LogP contribution in [0.25, 0.3) is 10.9 Å². The van der Waals surface area contributed by atoms with Gasteiger partial charge in [0.1, 0.15) is 5.69 Å². The molecular formula is C21H22N4O2S. The zero-order valence-electron chi connectivity index (χ0n) is 15.6. The van der Waals surface area contributed by atoms with Crippen LogP contribution in [0.15, 0.2) is 41.2 Å². The molecule has 4 heterocycles. The van der Waals surface area contributed by atoms with E-state index in [4.69, 9.17) is 0 Å². The second-order valence-electron chi connectivity index (χ2n) is 7.50. The predicted molar refractivity (Wildman–Crippen MR) is 111 cm³/mol. The van der Waals surface area contributed by atoms with E-state index in [-0.39, 0.29) is 17.5 Å². The molecule has 7 heteroatoms. The van der Waals surface area contributed by atoms with Gasteiger partial charge in [0, 0.05) is 35.7 Å². The number of carbonyl (C=O) groups is 1. The number of thioether (sulfide) groups is 1. The first-order chi connectivity index (χ1) is 13.7. The number of para-hydroxylation sites is 1. The number of H-pyrrole nitrogens is 1. The van der Waals surface area contributed by atoms with Gasteiger partial charge in [0.2, 0.25) is 0 Å². The maximum Gasteiger partial charge on any atom is 0.270 e. The van der Waals surface area contributed by atoms with Crippen molar-refractivity contribution in [2.24, 2.45) is 0 Å². The summed E-state index contributed by atoms with van der Waals surface area (Å²) in [4.78, 5) is 30.8. The van der Waals surface area contributed by atoms with E-state index in [1.807, 2.05) is 47.0 Å². The lowest BCUT2D eigenvalue weighted by Gasteiger charge is -2.25. The van der Waals surface area contributed by atoms with Crippen LogP contribution in [0, 0.1) is 0 Å². The summed E-state index contributed by atoms with van der Waals surface area (Å²) in [5.74, 6) is 1.92. The molecule has 0 saturated carbocycles. The summed E-state index contributed by atoms with van der Waals surface area (Å²) >= 11 is 1.84. The van der Waals surface area contributed by atoms with Gasteiger partial charge in [0.15, 0.2) is 0 Å². The summed E-state index contributed by atoms with van der Waals surface area (Å²) < 4.78 is 1.57. The van der Waals surface area contributed by atoms with Crippen molar-refractivity contribution in [2.75, 3.05) is 12.3 Å². The molecule has 0 spiro atoms. The van der Waals surface area contributed by atoms with E-state index in [1.54, 1.807) is 10.7 Å². The second kappa shape index (κ2) is 7.13. The van der Waals surface area contributed by atoms with Crippen molar-refractivity contribution in [2.45, 2.75) is 37.6 Å². The molecule has 2 aliphatic heterocycles. The zero-order chi connectivity index (χ0) is 19.1. The van der Waals surface area contributed by atoms with E-state index in [9.17, 15) is 9.59 Å². The molecule has 0 bridgehead atoms. The van der Waals surface area contributed by atoms with Gasteiger partial charge >= 0.3 is 0 Å². The molecular weight excluding hydrogens is 372 g/mol. The zero-order valence-corrected chi connectivity index (χ0v) is 16.4. The van der Waals surface area contributed by atoms with E-state index in [0.717, 1.165) is 59.5 Å². The van der Waals surface area contributed by atoms with Crippen molar-refractivity contribution in [3.05, 3.63) is 63.7 Å². The van der Waals surface area contributed by atoms with Crippen LogP contribution >= 0.6 is 11.8 Å². The number of likely N-dealkylation sites (tertiary alicyclic amines) is 1. The molecule has 0 radical (unpaired) electrons. The molecule has 1 saturated heterocycles. The van der Waals surface area contributed by atoms with Gasteiger partial charge in [-0.15, -0.1) is 0 Å².